The predicted molar refractivity (Wildman–Crippen MR) is 113 cm³/mol. The van der Waals surface area contributed by atoms with Crippen LogP contribution in [0.2, 0.25) is 0 Å². The van der Waals surface area contributed by atoms with Gasteiger partial charge in [0.15, 0.2) is 0 Å². The summed E-state index contributed by atoms with van der Waals surface area (Å²) in [6.45, 7) is 3.53. The van der Waals surface area contributed by atoms with Gasteiger partial charge in [0, 0.05) is 43.9 Å². The quantitative estimate of drug-likeness (QED) is 0.552. The van der Waals surface area contributed by atoms with Crippen molar-refractivity contribution in [3.8, 4) is 11.8 Å². The molecule has 1 saturated heterocycles. The van der Waals surface area contributed by atoms with E-state index in [1.807, 2.05) is 0 Å². The number of hydrogen-bond donors (Lipinski definition) is 2. The first-order chi connectivity index (χ1) is 15.4. The Morgan fingerprint density at radius 2 is 1.94 bits per heavy atom. The van der Waals surface area contributed by atoms with E-state index in [2.05, 4.69) is 10.2 Å². The number of carbonyl (C=O) groups is 1. The molecule has 0 radical (unpaired) electrons. The molecule has 6 nitrogen and oxygen atoms in total. The molecule has 1 aliphatic carbocycles. The van der Waals surface area contributed by atoms with Crippen LogP contribution in [0.1, 0.15) is 11.1 Å². The number of rotatable bonds is 10. The molecule has 168 valence electrons. The molecule has 2 aliphatic rings. The highest BCUT2D eigenvalue weighted by Crippen LogP contribution is 2.45. The molecule has 0 aromatic heterocycles. The van der Waals surface area contributed by atoms with E-state index >= 15 is 0 Å². The van der Waals surface area contributed by atoms with Crippen molar-refractivity contribution in [1.82, 2.24) is 10.2 Å². The lowest BCUT2D eigenvalue weighted by atomic mass is 10.0. The Morgan fingerprint density at radius 3 is 2.56 bits per heavy atom. The van der Waals surface area contributed by atoms with Crippen molar-refractivity contribution < 1.29 is 23.4 Å². The van der Waals surface area contributed by atoms with Crippen LogP contribution in [0, 0.1) is 40.7 Å². The molecule has 4 rings (SSSR count). The number of piperidine rings is 1. The number of hydrogen-bond acceptors (Lipinski definition) is 5. The topological polar surface area (TPSA) is 85.6 Å². The third-order valence-corrected chi connectivity index (χ3v) is 6.25. The Balaban J connectivity index is 1.13. The van der Waals surface area contributed by atoms with Crippen LogP contribution in [0.25, 0.3) is 0 Å². The molecular weight excluding hydrogens is 416 g/mol. The van der Waals surface area contributed by atoms with Gasteiger partial charge in [-0.2, -0.15) is 5.26 Å². The summed E-state index contributed by atoms with van der Waals surface area (Å²) < 4.78 is 32.6. The van der Waals surface area contributed by atoms with E-state index in [0.29, 0.717) is 48.9 Å². The highest BCUT2D eigenvalue weighted by atomic mass is 19.1. The first-order valence-corrected chi connectivity index (χ1v) is 10.7. The van der Waals surface area contributed by atoms with E-state index in [1.165, 1.54) is 12.1 Å². The van der Waals surface area contributed by atoms with E-state index < -0.39 is 23.5 Å². The molecule has 1 aliphatic heterocycles. The molecule has 2 N–H and O–H groups in total. The second-order valence-electron chi connectivity index (χ2n) is 8.45. The Bertz CT molecular complexity index is 997. The number of carboxylic acid groups (broad SMARTS) is 1. The van der Waals surface area contributed by atoms with Gasteiger partial charge < -0.3 is 15.2 Å². The van der Waals surface area contributed by atoms with Crippen LogP contribution in [0.3, 0.4) is 0 Å². The van der Waals surface area contributed by atoms with Crippen molar-refractivity contribution in [3.63, 3.8) is 0 Å². The Kier molecular flexibility index (Phi) is 6.68. The maximum absolute atomic E-state index is 13.8. The molecule has 0 amide bonds. The Hall–Kier alpha value is -3.02. The van der Waals surface area contributed by atoms with Crippen LogP contribution in [-0.2, 0) is 17.8 Å². The zero-order chi connectivity index (χ0) is 22.7. The molecule has 1 saturated carbocycles. The minimum absolute atomic E-state index is 0.170. The largest absolute Gasteiger partial charge is 0.492 e. The molecule has 4 atom stereocenters. The summed E-state index contributed by atoms with van der Waals surface area (Å²) in [5.41, 5.74) is 1.31. The van der Waals surface area contributed by atoms with E-state index in [1.54, 1.807) is 30.3 Å². The summed E-state index contributed by atoms with van der Waals surface area (Å²) in [7, 11) is 0. The van der Waals surface area contributed by atoms with Crippen LogP contribution >= 0.6 is 0 Å². The maximum Gasteiger partial charge on any atom is 0.321 e. The molecule has 0 bridgehead atoms. The van der Waals surface area contributed by atoms with Gasteiger partial charge in [-0.15, -0.1) is 0 Å². The standard InChI is InChI=1S/C24H25F2N3O3/c25-18-4-3-16(22(26)10-18)12-29-13-20-21(14-29)23(20)28-7-8-32-19-5-1-15(2-6-19)9-17(11-27)24(30)31/h1-6,10,17,20-21,23,28H,7-9,12-14H2,(H,30,31)/t17-,20-,21?,23+/m0/s1. The van der Waals surface area contributed by atoms with Crippen LogP contribution in [0.15, 0.2) is 42.5 Å². The number of ether oxygens (including phenoxy) is 1. The second-order valence-corrected chi connectivity index (χ2v) is 8.45. The van der Waals surface area contributed by atoms with Crippen LogP contribution in [0.5, 0.6) is 5.75 Å². The minimum atomic E-state index is -1.12. The van der Waals surface area contributed by atoms with Gasteiger partial charge >= 0.3 is 5.97 Å². The molecule has 1 unspecified atom stereocenters. The lowest BCUT2D eigenvalue weighted by Crippen LogP contribution is -2.33. The average molecular weight is 441 g/mol. The van der Waals surface area contributed by atoms with Crippen molar-refractivity contribution in [3.05, 3.63) is 65.2 Å². The highest BCUT2D eigenvalue weighted by molar-refractivity contribution is 5.73. The Labute approximate surface area is 185 Å². The van der Waals surface area contributed by atoms with Crippen molar-refractivity contribution in [2.24, 2.45) is 17.8 Å². The number of likely N-dealkylation sites (tertiary alicyclic amines) is 1. The monoisotopic (exact) mass is 441 g/mol. The zero-order valence-corrected chi connectivity index (χ0v) is 17.5. The minimum Gasteiger partial charge on any atom is -0.492 e. The van der Waals surface area contributed by atoms with Gasteiger partial charge in [0.2, 0.25) is 0 Å². The summed E-state index contributed by atoms with van der Waals surface area (Å²) in [5, 5.41) is 21.3. The third kappa shape index (κ3) is 5.23. The van der Waals surface area contributed by atoms with E-state index in [0.717, 1.165) is 24.7 Å². The SMILES string of the molecule is N#C[C@H](Cc1ccc(OCCN[C@H]2C3CN(Cc4ccc(F)cc4F)C[C@@H]32)cc1)C(=O)O. The van der Waals surface area contributed by atoms with Gasteiger partial charge in [-0.25, -0.2) is 8.78 Å². The van der Waals surface area contributed by atoms with Crippen molar-refractivity contribution >= 4 is 5.97 Å². The second kappa shape index (κ2) is 9.63. The summed E-state index contributed by atoms with van der Waals surface area (Å²) in [6, 6.07) is 13.1. The highest BCUT2D eigenvalue weighted by Gasteiger charge is 2.55. The van der Waals surface area contributed by atoms with E-state index in [9.17, 15) is 13.6 Å². The zero-order valence-electron chi connectivity index (χ0n) is 17.5. The van der Waals surface area contributed by atoms with Crippen molar-refractivity contribution in [1.29, 1.82) is 5.26 Å². The van der Waals surface area contributed by atoms with Crippen LogP contribution < -0.4 is 10.1 Å². The fraction of sp³-hybridized carbons (Fsp3) is 0.417. The van der Waals surface area contributed by atoms with Crippen molar-refractivity contribution in [2.45, 2.75) is 19.0 Å². The molecule has 2 aromatic rings. The van der Waals surface area contributed by atoms with Crippen LogP contribution in [0.4, 0.5) is 8.78 Å². The lowest BCUT2D eigenvalue weighted by Gasteiger charge is -2.20. The maximum atomic E-state index is 13.8. The van der Waals surface area contributed by atoms with Gasteiger partial charge in [-0.1, -0.05) is 18.2 Å². The number of benzene rings is 2. The fourth-order valence-electron chi connectivity index (χ4n) is 4.48. The summed E-state index contributed by atoms with van der Waals surface area (Å²) in [6.07, 6.45) is 0.170. The number of nitrogens with zero attached hydrogens (tertiary/aromatic N) is 2. The number of halogens is 2. The summed E-state index contributed by atoms with van der Waals surface area (Å²) in [4.78, 5) is 13.2. The number of nitriles is 1. The Morgan fingerprint density at radius 1 is 1.22 bits per heavy atom. The first-order valence-electron chi connectivity index (χ1n) is 10.7. The van der Waals surface area contributed by atoms with Crippen molar-refractivity contribution in [2.75, 3.05) is 26.2 Å². The molecule has 0 spiro atoms. The van der Waals surface area contributed by atoms with Gasteiger partial charge in [0.1, 0.15) is 29.9 Å². The molecule has 1 heterocycles. The predicted octanol–water partition coefficient (Wildman–Crippen LogP) is 2.83. The number of carboxylic acids is 1. The molecule has 2 fully saturated rings. The third-order valence-electron chi connectivity index (χ3n) is 6.25. The van der Waals surface area contributed by atoms with Gasteiger partial charge in [-0.3, -0.25) is 9.69 Å². The van der Waals surface area contributed by atoms with E-state index in [4.69, 9.17) is 15.1 Å². The van der Waals surface area contributed by atoms with Gasteiger partial charge in [0.05, 0.1) is 6.07 Å². The summed E-state index contributed by atoms with van der Waals surface area (Å²) >= 11 is 0. The average Bonchev–Trinajstić information content (AvgIpc) is 3.22. The smallest absolute Gasteiger partial charge is 0.321 e. The summed E-state index contributed by atoms with van der Waals surface area (Å²) in [5.74, 6) is -1.40. The molecule has 2 aromatic carbocycles. The number of aliphatic carboxylic acids is 1. The normalized spacial score (nSPS) is 22.7. The molecule has 32 heavy (non-hydrogen) atoms. The lowest BCUT2D eigenvalue weighted by molar-refractivity contribution is -0.139. The fourth-order valence-corrected chi connectivity index (χ4v) is 4.48. The first kappa shape index (κ1) is 22.2. The van der Waals surface area contributed by atoms with Gasteiger partial charge in [-0.05, 0) is 42.0 Å². The van der Waals surface area contributed by atoms with Crippen LogP contribution in [-0.4, -0.2) is 48.3 Å². The van der Waals surface area contributed by atoms with E-state index in [-0.39, 0.29) is 6.42 Å². The molecule has 8 heteroatoms. The van der Waals surface area contributed by atoms with Gasteiger partial charge in [0.25, 0.3) is 0 Å². The number of fused-ring (bicyclic) bond motifs is 1. The molecular formula is C24H25F2N3O3. The number of nitrogens with one attached hydrogen (secondary N) is 1.